The van der Waals surface area contributed by atoms with Crippen LogP contribution in [-0.4, -0.2) is 24.0 Å². The number of carbonyl (C=O) groups is 1. The van der Waals surface area contributed by atoms with Crippen molar-refractivity contribution < 1.29 is 9.53 Å². The molecule has 1 aromatic rings. The number of pyridine rings is 1. The van der Waals surface area contributed by atoms with Crippen LogP contribution in [-0.2, 0) is 4.79 Å². The van der Waals surface area contributed by atoms with E-state index in [9.17, 15) is 4.79 Å². The monoisotopic (exact) mass is 209 g/mol. The average Bonchev–Trinajstić information content (AvgIpc) is 2.17. The number of amides is 1. The highest BCUT2D eigenvalue weighted by atomic mass is 16.5. The summed E-state index contributed by atoms with van der Waals surface area (Å²) in [4.78, 5) is 14.7. The molecule has 1 unspecified atom stereocenters. The number of carbonyl (C=O) groups excluding carboxylic acids is 1. The third-order valence-corrected chi connectivity index (χ3v) is 1.87. The lowest BCUT2D eigenvalue weighted by atomic mass is 10.2. The molecule has 5 heteroatoms. The van der Waals surface area contributed by atoms with Crippen molar-refractivity contribution in [3.8, 4) is 5.88 Å². The molecule has 0 fully saturated rings. The molecule has 0 aliphatic rings. The van der Waals surface area contributed by atoms with Gasteiger partial charge in [-0.3, -0.25) is 4.79 Å². The average molecular weight is 209 g/mol. The zero-order valence-electron chi connectivity index (χ0n) is 8.86. The summed E-state index contributed by atoms with van der Waals surface area (Å²) >= 11 is 0. The Morgan fingerprint density at radius 2 is 2.47 bits per heavy atom. The Hall–Kier alpha value is -1.78. The molecule has 1 aromatic heterocycles. The molecule has 5 nitrogen and oxygen atoms in total. The topological polar surface area (TPSA) is 77.2 Å². The maximum atomic E-state index is 10.7. The highest BCUT2D eigenvalue weighted by Gasteiger charge is 2.09. The van der Waals surface area contributed by atoms with Gasteiger partial charge >= 0.3 is 0 Å². The molecule has 0 spiro atoms. The first-order chi connectivity index (χ1) is 7.13. The molecule has 0 bridgehead atoms. The maximum Gasteiger partial charge on any atom is 0.237 e. The number of hydrogen-bond acceptors (Lipinski definition) is 4. The van der Waals surface area contributed by atoms with Gasteiger partial charge in [-0.25, -0.2) is 4.98 Å². The number of primary amides is 1. The van der Waals surface area contributed by atoms with Gasteiger partial charge in [0, 0.05) is 18.7 Å². The standard InChI is InChI=1S/C10H15N3O2/c1-7(6-9(11)14)13-8-4-3-5-12-10(8)15-2/h3-5,7,13H,6H2,1-2H3,(H2,11,14). The highest BCUT2D eigenvalue weighted by molar-refractivity contribution is 5.75. The first-order valence-corrected chi connectivity index (χ1v) is 4.67. The Morgan fingerprint density at radius 1 is 1.73 bits per heavy atom. The lowest BCUT2D eigenvalue weighted by molar-refractivity contribution is -0.118. The van der Waals surface area contributed by atoms with Crippen molar-refractivity contribution in [3.63, 3.8) is 0 Å². The van der Waals surface area contributed by atoms with Crippen LogP contribution in [0.5, 0.6) is 5.88 Å². The smallest absolute Gasteiger partial charge is 0.237 e. The molecule has 0 saturated carbocycles. The van der Waals surface area contributed by atoms with Crippen molar-refractivity contribution in [1.82, 2.24) is 4.98 Å². The second kappa shape index (κ2) is 5.19. The van der Waals surface area contributed by atoms with Gasteiger partial charge in [-0.15, -0.1) is 0 Å². The third kappa shape index (κ3) is 3.46. The summed E-state index contributed by atoms with van der Waals surface area (Å²) in [5, 5.41) is 3.10. The fourth-order valence-electron chi connectivity index (χ4n) is 1.28. The van der Waals surface area contributed by atoms with Gasteiger partial charge in [-0.2, -0.15) is 0 Å². The van der Waals surface area contributed by atoms with E-state index in [0.717, 1.165) is 5.69 Å². The van der Waals surface area contributed by atoms with Gasteiger partial charge in [0.25, 0.3) is 0 Å². The highest BCUT2D eigenvalue weighted by Crippen LogP contribution is 2.20. The zero-order chi connectivity index (χ0) is 11.3. The van der Waals surface area contributed by atoms with Crippen molar-refractivity contribution in [2.75, 3.05) is 12.4 Å². The first kappa shape index (κ1) is 11.3. The van der Waals surface area contributed by atoms with Crippen LogP contribution in [0.1, 0.15) is 13.3 Å². The van der Waals surface area contributed by atoms with Crippen molar-refractivity contribution in [1.29, 1.82) is 0 Å². The van der Waals surface area contributed by atoms with Crippen molar-refractivity contribution in [2.24, 2.45) is 5.73 Å². The van der Waals surface area contributed by atoms with E-state index in [0.29, 0.717) is 5.88 Å². The van der Waals surface area contributed by atoms with Crippen molar-refractivity contribution in [3.05, 3.63) is 18.3 Å². The minimum Gasteiger partial charge on any atom is -0.480 e. The van der Waals surface area contributed by atoms with Gasteiger partial charge in [0.2, 0.25) is 11.8 Å². The number of nitrogens with one attached hydrogen (secondary N) is 1. The molecule has 3 N–H and O–H groups in total. The summed E-state index contributed by atoms with van der Waals surface area (Å²) in [6, 6.07) is 3.59. The molecule has 1 rings (SSSR count). The van der Waals surface area contributed by atoms with Crippen LogP contribution in [0.25, 0.3) is 0 Å². The molecule has 1 heterocycles. The summed E-state index contributed by atoms with van der Waals surface area (Å²) in [5.41, 5.74) is 5.85. The number of methoxy groups -OCH3 is 1. The lowest BCUT2D eigenvalue weighted by Gasteiger charge is -2.14. The molecule has 82 valence electrons. The number of nitrogens with two attached hydrogens (primary N) is 1. The largest absolute Gasteiger partial charge is 0.480 e. The molecule has 15 heavy (non-hydrogen) atoms. The van der Waals surface area contributed by atoms with Crippen LogP contribution in [0.2, 0.25) is 0 Å². The van der Waals surface area contributed by atoms with E-state index in [1.54, 1.807) is 19.4 Å². The van der Waals surface area contributed by atoms with E-state index in [1.807, 2.05) is 13.0 Å². The maximum absolute atomic E-state index is 10.7. The Kier molecular flexibility index (Phi) is 3.91. The lowest BCUT2D eigenvalue weighted by Crippen LogP contribution is -2.24. The van der Waals surface area contributed by atoms with Crippen LogP contribution in [0.4, 0.5) is 5.69 Å². The Bertz CT molecular complexity index is 341. The quantitative estimate of drug-likeness (QED) is 0.750. The van der Waals surface area contributed by atoms with Crippen LogP contribution >= 0.6 is 0 Å². The summed E-state index contributed by atoms with van der Waals surface area (Å²) < 4.78 is 5.06. The van der Waals surface area contributed by atoms with Gasteiger partial charge in [0.1, 0.15) is 0 Å². The molecule has 0 aliphatic carbocycles. The minimum absolute atomic E-state index is 0.0411. The van der Waals surface area contributed by atoms with E-state index in [2.05, 4.69) is 10.3 Å². The van der Waals surface area contributed by atoms with Gasteiger partial charge < -0.3 is 15.8 Å². The first-order valence-electron chi connectivity index (χ1n) is 4.67. The summed E-state index contributed by atoms with van der Waals surface area (Å²) in [6.45, 7) is 1.87. The fraction of sp³-hybridized carbons (Fsp3) is 0.400. The number of ether oxygens (including phenoxy) is 1. The Balaban J connectivity index is 2.67. The van der Waals surface area contributed by atoms with E-state index in [-0.39, 0.29) is 18.4 Å². The molecule has 0 saturated heterocycles. The van der Waals surface area contributed by atoms with Crippen molar-refractivity contribution >= 4 is 11.6 Å². The van der Waals surface area contributed by atoms with Crippen LogP contribution in [0, 0.1) is 0 Å². The number of anilines is 1. The molecular weight excluding hydrogens is 194 g/mol. The number of hydrogen-bond donors (Lipinski definition) is 2. The fourth-order valence-corrected chi connectivity index (χ4v) is 1.28. The van der Waals surface area contributed by atoms with E-state index < -0.39 is 0 Å². The van der Waals surface area contributed by atoms with E-state index in [4.69, 9.17) is 10.5 Å². The third-order valence-electron chi connectivity index (χ3n) is 1.87. The number of nitrogens with zero attached hydrogens (tertiary/aromatic N) is 1. The molecule has 1 amide bonds. The van der Waals surface area contributed by atoms with Gasteiger partial charge in [-0.1, -0.05) is 0 Å². The van der Waals surface area contributed by atoms with E-state index >= 15 is 0 Å². The van der Waals surface area contributed by atoms with Crippen LogP contribution in [0.3, 0.4) is 0 Å². The Labute approximate surface area is 88.6 Å². The normalized spacial score (nSPS) is 11.9. The zero-order valence-corrected chi connectivity index (χ0v) is 8.86. The summed E-state index contributed by atoms with van der Waals surface area (Å²) in [6.07, 6.45) is 1.92. The predicted molar refractivity (Wildman–Crippen MR) is 57.7 cm³/mol. The number of rotatable bonds is 5. The molecular formula is C10H15N3O2. The molecule has 1 atom stereocenters. The second-order valence-electron chi connectivity index (χ2n) is 3.28. The molecule has 0 aromatic carbocycles. The van der Waals surface area contributed by atoms with Crippen LogP contribution in [0.15, 0.2) is 18.3 Å². The van der Waals surface area contributed by atoms with Gasteiger partial charge in [0.05, 0.1) is 12.8 Å². The second-order valence-corrected chi connectivity index (χ2v) is 3.28. The SMILES string of the molecule is COc1ncccc1NC(C)CC(N)=O. The van der Waals surface area contributed by atoms with Crippen LogP contribution < -0.4 is 15.8 Å². The van der Waals surface area contributed by atoms with E-state index in [1.165, 1.54) is 0 Å². The van der Waals surface area contributed by atoms with Gasteiger partial charge in [-0.05, 0) is 19.1 Å². The number of aromatic nitrogens is 1. The van der Waals surface area contributed by atoms with Crippen molar-refractivity contribution in [2.45, 2.75) is 19.4 Å². The van der Waals surface area contributed by atoms with Gasteiger partial charge in [0.15, 0.2) is 0 Å². The summed E-state index contributed by atoms with van der Waals surface area (Å²) in [5.74, 6) is 0.173. The molecule has 0 aliphatic heterocycles. The summed E-state index contributed by atoms with van der Waals surface area (Å²) in [7, 11) is 1.55. The Morgan fingerprint density at radius 3 is 3.07 bits per heavy atom. The predicted octanol–water partition coefficient (Wildman–Crippen LogP) is 0.766. The molecule has 0 radical (unpaired) electrons. The minimum atomic E-state index is -0.335.